The molecule has 1 N–H and O–H groups in total. The van der Waals surface area contributed by atoms with Crippen LogP contribution in [0.15, 0.2) is 18.2 Å². The Morgan fingerprint density at radius 2 is 2.08 bits per heavy atom. The molecule has 7 heteroatoms. The number of aryl methyl sites for hydroxylation is 1. The van der Waals surface area contributed by atoms with Gasteiger partial charge in [0.1, 0.15) is 6.04 Å². The maximum absolute atomic E-state index is 13.6. The Labute approximate surface area is 140 Å². The lowest BCUT2D eigenvalue weighted by Crippen LogP contribution is -2.50. The number of carbonyl (C=O) groups is 2. The van der Waals surface area contributed by atoms with Crippen LogP contribution in [0.1, 0.15) is 18.9 Å². The van der Waals surface area contributed by atoms with Crippen LogP contribution < -0.4 is 10.1 Å². The standard InChI is InChI=1S/C17H23FN2O4/c1-12(17(22)20-7-9-24-10-8-20)19-16(21)6-4-13-3-5-15(23-2)14(18)11-13/h3,5,11-12H,4,6-10H2,1-2H3,(H,19,21)/t12-/m0/s1. The molecule has 0 bridgehead atoms. The number of morpholine rings is 1. The molecule has 1 atom stereocenters. The number of nitrogens with zero attached hydrogens (tertiary/aromatic N) is 1. The van der Waals surface area contributed by atoms with Gasteiger partial charge >= 0.3 is 0 Å². The van der Waals surface area contributed by atoms with Crippen molar-refractivity contribution in [3.8, 4) is 5.75 Å². The highest BCUT2D eigenvalue weighted by Crippen LogP contribution is 2.18. The third-order valence-electron chi connectivity index (χ3n) is 3.93. The van der Waals surface area contributed by atoms with E-state index in [1.54, 1.807) is 17.9 Å². The minimum atomic E-state index is -0.580. The van der Waals surface area contributed by atoms with Gasteiger partial charge in [-0.1, -0.05) is 6.07 Å². The highest BCUT2D eigenvalue weighted by atomic mass is 19.1. The SMILES string of the molecule is COc1ccc(CCC(=O)N[C@@H](C)C(=O)N2CCOCC2)cc1F. The smallest absolute Gasteiger partial charge is 0.245 e. The van der Waals surface area contributed by atoms with Crippen LogP contribution in [0, 0.1) is 5.82 Å². The van der Waals surface area contributed by atoms with Gasteiger partial charge in [0.2, 0.25) is 11.8 Å². The second-order valence-corrected chi connectivity index (χ2v) is 5.70. The number of methoxy groups -OCH3 is 1. The maximum Gasteiger partial charge on any atom is 0.245 e. The van der Waals surface area contributed by atoms with Gasteiger partial charge in [-0.15, -0.1) is 0 Å². The lowest BCUT2D eigenvalue weighted by atomic mass is 10.1. The number of amides is 2. The van der Waals surface area contributed by atoms with Gasteiger partial charge < -0.3 is 19.7 Å². The lowest BCUT2D eigenvalue weighted by molar-refractivity contribution is -0.139. The number of ether oxygens (including phenoxy) is 2. The van der Waals surface area contributed by atoms with Crippen LogP contribution >= 0.6 is 0 Å². The van der Waals surface area contributed by atoms with Crippen LogP contribution in [0.5, 0.6) is 5.75 Å². The molecule has 1 fully saturated rings. The van der Waals surface area contributed by atoms with Crippen molar-refractivity contribution in [2.45, 2.75) is 25.8 Å². The predicted molar refractivity (Wildman–Crippen MR) is 86.3 cm³/mol. The van der Waals surface area contributed by atoms with Gasteiger partial charge in [-0.2, -0.15) is 0 Å². The molecule has 0 saturated carbocycles. The Kier molecular flexibility index (Phi) is 6.54. The molecule has 1 aromatic carbocycles. The number of hydrogen-bond acceptors (Lipinski definition) is 4. The number of halogens is 1. The molecule has 1 aliphatic heterocycles. The van der Waals surface area contributed by atoms with Crippen LogP contribution in [0.2, 0.25) is 0 Å². The Morgan fingerprint density at radius 1 is 1.38 bits per heavy atom. The Morgan fingerprint density at radius 3 is 2.71 bits per heavy atom. The molecule has 1 aromatic rings. The van der Waals surface area contributed by atoms with Gasteiger partial charge in [-0.05, 0) is 31.0 Å². The van der Waals surface area contributed by atoms with E-state index in [2.05, 4.69) is 5.32 Å². The van der Waals surface area contributed by atoms with Crippen molar-refractivity contribution in [3.05, 3.63) is 29.6 Å². The van der Waals surface area contributed by atoms with Crippen molar-refractivity contribution < 1.29 is 23.5 Å². The quantitative estimate of drug-likeness (QED) is 0.844. The molecule has 0 aromatic heterocycles. The number of carbonyl (C=O) groups excluding carboxylic acids is 2. The van der Waals surface area contributed by atoms with Crippen molar-refractivity contribution in [2.24, 2.45) is 0 Å². The summed E-state index contributed by atoms with van der Waals surface area (Å²) >= 11 is 0. The molecule has 1 aliphatic rings. The minimum Gasteiger partial charge on any atom is -0.494 e. The van der Waals surface area contributed by atoms with Gasteiger partial charge in [0.15, 0.2) is 11.6 Å². The van der Waals surface area contributed by atoms with E-state index in [0.717, 1.165) is 0 Å². The summed E-state index contributed by atoms with van der Waals surface area (Å²) in [6.07, 6.45) is 0.581. The first-order valence-corrected chi connectivity index (χ1v) is 7.99. The van der Waals surface area contributed by atoms with E-state index in [1.165, 1.54) is 19.2 Å². The van der Waals surface area contributed by atoms with Crippen LogP contribution in [0.25, 0.3) is 0 Å². The van der Waals surface area contributed by atoms with Crippen molar-refractivity contribution >= 4 is 11.8 Å². The lowest BCUT2D eigenvalue weighted by Gasteiger charge is -2.29. The van der Waals surface area contributed by atoms with E-state index in [1.807, 2.05) is 0 Å². The van der Waals surface area contributed by atoms with E-state index < -0.39 is 11.9 Å². The second-order valence-electron chi connectivity index (χ2n) is 5.70. The molecule has 0 unspecified atom stereocenters. The fraction of sp³-hybridized carbons (Fsp3) is 0.529. The maximum atomic E-state index is 13.6. The Balaban J connectivity index is 1.79. The Hall–Kier alpha value is -2.15. The summed E-state index contributed by atoms with van der Waals surface area (Å²) in [6.45, 7) is 3.81. The zero-order valence-corrected chi connectivity index (χ0v) is 14.0. The summed E-state index contributed by atoms with van der Waals surface area (Å²) in [6, 6.07) is 4.03. The van der Waals surface area contributed by atoms with E-state index in [4.69, 9.17) is 9.47 Å². The molecule has 6 nitrogen and oxygen atoms in total. The molecule has 0 aliphatic carbocycles. The molecule has 1 saturated heterocycles. The molecule has 2 amide bonds. The minimum absolute atomic E-state index is 0.109. The fourth-order valence-electron chi connectivity index (χ4n) is 2.56. The summed E-state index contributed by atoms with van der Waals surface area (Å²) in [5.74, 6) is -0.623. The largest absolute Gasteiger partial charge is 0.494 e. The van der Waals surface area contributed by atoms with Crippen molar-refractivity contribution in [1.82, 2.24) is 10.2 Å². The molecule has 24 heavy (non-hydrogen) atoms. The molecule has 1 heterocycles. The topological polar surface area (TPSA) is 67.9 Å². The summed E-state index contributed by atoms with van der Waals surface area (Å²) in [4.78, 5) is 25.9. The third-order valence-corrected chi connectivity index (χ3v) is 3.93. The normalized spacial score (nSPS) is 15.7. The zero-order chi connectivity index (χ0) is 17.5. The number of rotatable bonds is 6. The summed E-state index contributed by atoms with van der Waals surface area (Å²) in [7, 11) is 1.40. The average Bonchev–Trinajstić information content (AvgIpc) is 2.60. The van der Waals surface area contributed by atoms with Crippen LogP contribution in [0.3, 0.4) is 0 Å². The molecule has 132 valence electrons. The number of hydrogen-bond donors (Lipinski definition) is 1. The summed E-state index contributed by atoms with van der Waals surface area (Å²) in [5.41, 5.74) is 0.704. The average molecular weight is 338 g/mol. The van der Waals surface area contributed by atoms with E-state index >= 15 is 0 Å². The summed E-state index contributed by atoms with van der Waals surface area (Å²) in [5, 5.41) is 2.69. The first-order valence-electron chi connectivity index (χ1n) is 7.99. The highest BCUT2D eigenvalue weighted by molar-refractivity contribution is 5.87. The third kappa shape index (κ3) is 4.92. The van der Waals surface area contributed by atoms with Gasteiger partial charge in [0.05, 0.1) is 20.3 Å². The van der Waals surface area contributed by atoms with Crippen molar-refractivity contribution in [2.75, 3.05) is 33.4 Å². The molecular weight excluding hydrogens is 315 g/mol. The molecule has 0 radical (unpaired) electrons. The number of benzene rings is 1. The van der Waals surface area contributed by atoms with Crippen LogP contribution in [-0.4, -0.2) is 56.2 Å². The van der Waals surface area contributed by atoms with Crippen molar-refractivity contribution in [3.63, 3.8) is 0 Å². The van der Waals surface area contributed by atoms with Crippen LogP contribution in [0.4, 0.5) is 4.39 Å². The van der Waals surface area contributed by atoms with Gasteiger partial charge in [0.25, 0.3) is 0 Å². The van der Waals surface area contributed by atoms with E-state index in [0.29, 0.717) is 38.3 Å². The molecule has 0 spiro atoms. The molecular formula is C17H23FN2O4. The first kappa shape index (κ1) is 18.2. The fourth-order valence-corrected chi connectivity index (χ4v) is 2.56. The Bertz CT molecular complexity index is 588. The van der Waals surface area contributed by atoms with Crippen molar-refractivity contribution in [1.29, 1.82) is 0 Å². The van der Waals surface area contributed by atoms with Gasteiger partial charge in [-0.3, -0.25) is 9.59 Å². The summed E-state index contributed by atoms with van der Waals surface area (Å²) < 4.78 is 23.7. The first-order chi connectivity index (χ1) is 11.5. The van der Waals surface area contributed by atoms with Gasteiger partial charge in [0, 0.05) is 19.5 Å². The predicted octanol–water partition coefficient (Wildman–Crippen LogP) is 1.13. The highest BCUT2D eigenvalue weighted by Gasteiger charge is 2.23. The van der Waals surface area contributed by atoms with E-state index in [-0.39, 0.29) is 24.0 Å². The van der Waals surface area contributed by atoms with Gasteiger partial charge in [-0.25, -0.2) is 4.39 Å². The monoisotopic (exact) mass is 338 g/mol. The zero-order valence-electron chi connectivity index (χ0n) is 14.0. The van der Waals surface area contributed by atoms with Crippen LogP contribution in [-0.2, 0) is 20.7 Å². The van der Waals surface area contributed by atoms with E-state index in [9.17, 15) is 14.0 Å². The number of nitrogens with one attached hydrogen (secondary N) is 1. The second kappa shape index (κ2) is 8.63. The molecule has 2 rings (SSSR count).